The van der Waals surface area contributed by atoms with Crippen molar-refractivity contribution in [1.29, 1.82) is 0 Å². The van der Waals surface area contributed by atoms with E-state index < -0.39 is 0 Å². The first-order chi connectivity index (χ1) is 13.1. The third kappa shape index (κ3) is 4.08. The van der Waals surface area contributed by atoms with E-state index in [1.165, 1.54) is 7.11 Å². The van der Waals surface area contributed by atoms with Crippen LogP contribution in [0.15, 0.2) is 60.7 Å². The maximum Gasteiger partial charge on any atom is 0.259 e. The predicted molar refractivity (Wildman–Crippen MR) is 108 cm³/mol. The molecule has 0 saturated heterocycles. The highest BCUT2D eigenvalue weighted by Crippen LogP contribution is 2.27. The molecule has 0 fully saturated rings. The van der Waals surface area contributed by atoms with Crippen LogP contribution in [0, 0.1) is 0 Å². The van der Waals surface area contributed by atoms with E-state index in [0.717, 1.165) is 17.2 Å². The predicted octanol–water partition coefficient (Wildman–Crippen LogP) is 4.24. The highest BCUT2D eigenvalue weighted by atomic mass is 16.5. The average Bonchev–Trinajstić information content (AvgIpc) is 2.71. The number of anilines is 1. The number of amides is 2. The number of hydrogen-bond donors (Lipinski definition) is 2. The smallest absolute Gasteiger partial charge is 0.259 e. The number of benzene rings is 3. The first-order valence-corrected chi connectivity index (χ1v) is 8.89. The van der Waals surface area contributed by atoms with Gasteiger partial charge in [0.25, 0.3) is 11.8 Å². The lowest BCUT2D eigenvalue weighted by Gasteiger charge is -2.13. The first-order valence-electron chi connectivity index (χ1n) is 8.89. The highest BCUT2D eigenvalue weighted by Gasteiger charge is 2.17. The molecule has 3 aromatic rings. The molecule has 0 radical (unpaired) electrons. The van der Waals surface area contributed by atoms with Crippen LogP contribution in [0.3, 0.4) is 0 Å². The molecule has 2 amide bonds. The summed E-state index contributed by atoms with van der Waals surface area (Å²) in [6, 6.07) is 18.4. The van der Waals surface area contributed by atoms with E-state index in [1.807, 2.05) is 37.3 Å². The molecule has 0 spiro atoms. The fourth-order valence-electron chi connectivity index (χ4n) is 2.88. The average molecular weight is 362 g/mol. The van der Waals surface area contributed by atoms with Crippen molar-refractivity contribution in [2.24, 2.45) is 0 Å². The molecule has 5 heteroatoms. The Morgan fingerprint density at radius 3 is 2.26 bits per heavy atom. The number of fused-ring (bicyclic) bond motifs is 1. The highest BCUT2D eigenvalue weighted by molar-refractivity contribution is 6.11. The largest absolute Gasteiger partial charge is 0.496 e. The van der Waals surface area contributed by atoms with Crippen LogP contribution in [0.5, 0.6) is 5.75 Å². The Kier molecular flexibility index (Phi) is 5.71. The Balaban J connectivity index is 1.92. The minimum Gasteiger partial charge on any atom is -0.496 e. The number of methoxy groups -OCH3 is 1. The monoisotopic (exact) mass is 362 g/mol. The molecule has 0 saturated carbocycles. The van der Waals surface area contributed by atoms with Crippen LogP contribution >= 0.6 is 0 Å². The van der Waals surface area contributed by atoms with Gasteiger partial charge in [0.05, 0.1) is 23.9 Å². The molecule has 2 N–H and O–H groups in total. The molecule has 0 atom stereocenters. The van der Waals surface area contributed by atoms with E-state index in [2.05, 4.69) is 10.6 Å². The molecule has 138 valence electrons. The van der Waals surface area contributed by atoms with Crippen LogP contribution in [-0.4, -0.2) is 25.5 Å². The van der Waals surface area contributed by atoms with E-state index in [1.54, 1.807) is 30.3 Å². The third-order valence-corrected chi connectivity index (χ3v) is 4.27. The van der Waals surface area contributed by atoms with Gasteiger partial charge < -0.3 is 15.4 Å². The number of nitrogens with one attached hydrogen (secondary N) is 2. The fourth-order valence-corrected chi connectivity index (χ4v) is 2.88. The molecule has 3 aromatic carbocycles. The summed E-state index contributed by atoms with van der Waals surface area (Å²) in [4.78, 5) is 25.3. The number of para-hydroxylation sites is 1. The lowest BCUT2D eigenvalue weighted by atomic mass is 10.0. The van der Waals surface area contributed by atoms with Gasteiger partial charge in [-0.15, -0.1) is 0 Å². The lowest BCUT2D eigenvalue weighted by molar-refractivity contribution is 0.0954. The summed E-state index contributed by atoms with van der Waals surface area (Å²) in [5.41, 5.74) is 1.31. The summed E-state index contributed by atoms with van der Waals surface area (Å²) in [5.74, 6) is -0.0503. The number of hydrogen-bond acceptors (Lipinski definition) is 3. The van der Waals surface area contributed by atoms with Crippen molar-refractivity contribution >= 4 is 28.3 Å². The van der Waals surface area contributed by atoms with Crippen LogP contribution in [-0.2, 0) is 0 Å². The summed E-state index contributed by atoms with van der Waals surface area (Å²) in [6.45, 7) is 2.57. The van der Waals surface area contributed by atoms with Gasteiger partial charge in [-0.3, -0.25) is 9.59 Å². The lowest BCUT2D eigenvalue weighted by Crippen LogP contribution is -2.25. The van der Waals surface area contributed by atoms with Crippen LogP contribution in [0.1, 0.15) is 34.1 Å². The first kappa shape index (κ1) is 18.5. The molecular weight excluding hydrogens is 340 g/mol. The normalized spacial score (nSPS) is 10.4. The Hall–Kier alpha value is -3.34. The number of ether oxygens (including phenoxy) is 1. The van der Waals surface area contributed by atoms with Crippen LogP contribution in [0.4, 0.5) is 5.69 Å². The maximum absolute atomic E-state index is 12.9. The van der Waals surface area contributed by atoms with E-state index in [0.29, 0.717) is 29.1 Å². The zero-order chi connectivity index (χ0) is 19.2. The van der Waals surface area contributed by atoms with Crippen molar-refractivity contribution in [2.45, 2.75) is 13.3 Å². The zero-order valence-electron chi connectivity index (χ0n) is 15.4. The number of rotatable bonds is 6. The van der Waals surface area contributed by atoms with Gasteiger partial charge in [0.2, 0.25) is 0 Å². The van der Waals surface area contributed by atoms with Gasteiger partial charge in [-0.05, 0) is 41.5 Å². The number of carbonyl (C=O) groups is 2. The van der Waals surface area contributed by atoms with Crippen molar-refractivity contribution in [3.8, 4) is 5.75 Å². The molecular formula is C22H22N2O3. The Labute approximate surface area is 158 Å². The summed E-state index contributed by atoms with van der Waals surface area (Å²) in [7, 11) is 1.53. The molecule has 0 bridgehead atoms. The molecule has 0 unspecified atom stereocenters. The van der Waals surface area contributed by atoms with Crippen molar-refractivity contribution in [2.75, 3.05) is 19.0 Å². The van der Waals surface area contributed by atoms with Crippen LogP contribution in [0.2, 0.25) is 0 Å². The second kappa shape index (κ2) is 8.36. The SMILES string of the molecule is CCCNC(=O)c1ccccc1NC(=O)c1cc2ccccc2cc1OC. The number of carbonyl (C=O) groups excluding carboxylic acids is 2. The van der Waals surface area contributed by atoms with Gasteiger partial charge in [0, 0.05) is 6.54 Å². The van der Waals surface area contributed by atoms with E-state index in [4.69, 9.17) is 4.74 Å². The minimum absolute atomic E-state index is 0.210. The summed E-state index contributed by atoms with van der Waals surface area (Å²) >= 11 is 0. The van der Waals surface area contributed by atoms with Gasteiger partial charge in [-0.1, -0.05) is 43.3 Å². The van der Waals surface area contributed by atoms with E-state index >= 15 is 0 Å². The van der Waals surface area contributed by atoms with Gasteiger partial charge in [-0.25, -0.2) is 0 Å². The maximum atomic E-state index is 12.9. The molecule has 3 rings (SSSR count). The van der Waals surface area contributed by atoms with Gasteiger partial charge in [0.15, 0.2) is 0 Å². The van der Waals surface area contributed by atoms with E-state index in [9.17, 15) is 9.59 Å². The van der Waals surface area contributed by atoms with E-state index in [-0.39, 0.29) is 11.8 Å². The summed E-state index contributed by atoms with van der Waals surface area (Å²) in [5, 5.41) is 7.61. The van der Waals surface area contributed by atoms with Crippen molar-refractivity contribution in [3.05, 3.63) is 71.8 Å². The molecule has 0 aliphatic rings. The molecule has 0 heterocycles. The van der Waals surface area contributed by atoms with Gasteiger partial charge >= 0.3 is 0 Å². The van der Waals surface area contributed by atoms with Crippen molar-refractivity contribution in [3.63, 3.8) is 0 Å². The second-order valence-electron chi connectivity index (χ2n) is 6.16. The Morgan fingerprint density at radius 2 is 1.56 bits per heavy atom. The second-order valence-corrected chi connectivity index (χ2v) is 6.16. The molecule has 27 heavy (non-hydrogen) atoms. The van der Waals surface area contributed by atoms with Crippen LogP contribution < -0.4 is 15.4 Å². The molecule has 0 aromatic heterocycles. The summed E-state index contributed by atoms with van der Waals surface area (Å²) in [6.07, 6.45) is 0.842. The van der Waals surface area contributed by atoms with Crippen molar-refractivity contribution in [1.82, 2.24) is 5.32 Å². The Bertz CT molecular complexity index is 982. The minimum atomic E-state index is -0.326. The molecule has 5 nitrogen and oxygen atoms in total. The third-order valence-electron chi connectivity index (χ3n) is 4.27. The standard InChI is InChI=1S/C22H22N2O3/c1-3-12-23-21(25)17-10-6-7-11-19(17)24-22(26)18-13-15-8-4-5-9-16(15)14-20(18)27-2/h4-11,13-14H,3,12H2,1-2H3,(H,23,25)(H,24,26). The van der Waals surface area contributed by atoms with Crippen molar-refractivity contribution < 1.29 is 14.3 Å². The molecule has 0 aliphatic heterocycles. The topological polar surface area (TPSA) is 67.4 Å². The molecule has 0 aliphatic carbocycles. The van der Waals surface area contributed by atoms with Gasteiger partial charge in [-0.2, -0.15) is 0 Å². The Morgan fingerprint density at radius 1 is 0.889 bits per heavy atom. The summed E-state index contributed by atoms with van der Waals surface area (Å²) < 4.78 is 5.40. The van der Waals surface area contributed by atoms with Crippen LogP contribution in [0.25, 0.3) is 10.8 Å². The zero-order valence-corrected chi connectivity index (χ0v) is 15.4. The fraction of sp³-hybridized carbons (Fsp3) is 0.182. The quantitative estimate of drug-likeness (QED) is 0.689. The van der Waals surface area contributed by atoms with Gasteiger partial charge in [0.1, 0.15) is 5.75 Å².